The summed E-state index contributed by atoms with van der Waals surface area (Å²) in [6, 6.07) is 30.7. The van der Waals surface area contributed by atoms with Gasteiger partial charge >= 0.3 is 11.9 Å². The van der Waals surface area contributed by atoms with Gasteiger partial charge in [0, 0.05) is 18.0 Å². The molecule has 3 amide bonds. The highest BCUT2D eigenvalue weighted by Crippen LogP contribution is 2.47. The molecule has 2 atom stereocenters. The normalized spacial score (nSPS) is 13.1. The van der Waals surface area contributed by atoms with Gasteiger partial charge < -0.3 is 30.2 Å². The van der Waals surface area contributed by atoms with Gasteiger partial charge in [0.1, 0.15) is 17.2 Å². The van der Waals surface area contributed by atoms with Crippen LogP contribution in [-0.4, -0.2) is 79.3 Å². The Bertz CT molecular complexity index is 1730. The number of allylic oxidation sites excluding steroid dienone is 1. The number of nitrogens with one attached hydrogen (secondary N) is 3. The molecule has 0 saturated carbocycles. The molecule has 0 spiro atoms. The number of amides is 3. The fourth-order valence-electron chi connectivity index (χ4n) is 5.84. The van der Waals surface area contributed by atoms with Crippen molar-refractivity contribution in [2.75, 3.05) is 19.9 Å². The van der Waals surface area contributed by atoms with E-state index in [0.29, 0.717) is 18.5 Å². The number of benzene rings is 3. The molecule has 320 valence electrons. The molecule has 0 aliphatic heterocycles. The lowest BCUT2D eigenvalue weighted by Crippen LogP contribution is -2.50. The van der Waals surface area contributed by atoms with Gasteiger partial charge in [0.25, 0.3) is 6.47 Å². The van der Waals surface area contributed by atoms with Gasteiger partial charge in [-0.25, -0.2) is 0 Å². The molecule has 1 aliphatic rings. The molecule has 3 N–H and O–H groups in total. The molecular weight excluding hydrogens is 771 g/mol. The highest BCUT2D eigenvalue weighted by Gasteiger charge is 2.35. The summed E-state index contributed by atoms with van der Waals surface area (Å²) in [4.78, 5) is 70.1. The van der Waals surface area contributed by atoms with Crippen LogP contribution in [0.2, 0.25) is 0 Å². The zero-order chi connectivity index (χ0) is 44.1. The predicted octanol–water partition coefficient (Wildman–Crippen LogP) is 6.80. The van der Waals surface area contributed by atoms with Gasteiger partial charge in [-0.05, 0) is 90.7 Å². The number of rotatable bonds is 16. The van der Waals surface area contributed by atoms with Crippen LogP contribution >= 0.6 is 11.8 Å². The second-order valence-electron chi connectivity index (χ2n) is 15.7. The third kappa shape index (κ3) is 17.9. The average Bonchev–Trinajstić information content (AvgIpc) is 3.15. The summed E-state index contributed by atoms with van der Waals surface area (Å²) in [6.45, 7) is 12.2. The molecule has 1 aliphatic carbocycles. The zero-order valence-corrected chi connectivity index (χ0v) is 36.6. The van der Waals surface area contributed by atoms with Crippen molar-refractivity contribution in [3.05, 3.63) is 119 Å². The monoisotopic (exact) mass is 831 g/mol. The van der Waals surface area contributed by atoms with Crippen molar-refractivity contribution in [3.63, 3.8) is 0 Å². The molecule has 12 nitrogen and oxygen atoms in total. The van der Waals surface area contributed by atoms with E-state index < -0.39 is 47.0 Å². The molecule has 0 bridgehead atoms. The lowest BCUT2D eigenvalue weighted by atomic mass is 9.84. The third-order valence-electron chi connectivity index (χ3n) is 8.44. The molecule has 0 heterocycles. The van der Waals surface area contributed by atoms with Crippen LogP contribution in [0.4, 0.5) is 0 Å². The number of carbonyl (C=O) groups is 6. The van der Waals surface area contributed by atoms with Crippen molar-refractivity contribution in [1.29, 1.82) is 0 Å². The number of hydrogen-bond acceptors (Lipinski definition) is 10. The smallest absolute Gasteiger partial charge is 0.308 e. The maximum atomic E-state index is 12.7. The molecule has 0 saturated heterocycles. The second-order valence-corrected chi connectivity index (χ2v) is 16.7. The lowest BCUT2D eigenvalue weighted by molar-refractivity contribution is -0.156. The molecule has 13 heteroatoms. The maximum Gasteiger partial charge on any atom is 0.308 e. The Balaban J connectivity index is 0.000000404. The summed E-state index contributed by atoms with van der Waals surface area (Å²) in [5.74, 6) is -2.39. The largest absolute Gasteiger partial charge is 0.471 e. The third-order valence-corrected chi connectivity index (χ3v) is 9.76. The lowest BCUT2D eigenvalue weighted by Gasteiger charge is -2.34. The average molecular weight is 832 g/mol. The van der Waals surface area contributed by atoms with Crippen LogP contribution in [0.25, 0.3) is 0 Å². The Kier molecular flexibility index (Phi) is 20.6. The highest BCUT2D eigenvalue weighted by atomic mass is 32.2. The van der Waals surface area contributed by atoms with Crippen LogP contribution < -0.4 is 16.0 Å². The summed E-state index contributed by atoms with van der Waals surface area (Å²) in [7, 11) is 1.31. The first-order valence-electron chi connectivity index (χ1n) is 19.5. The number of hydrogen-bond donors (Lipinski definition) is 3. The van der Waals surface area contributed by atoms with E-state index in [4.69, 9.17) is 14.3 Å². The molecule has 4 rings (SSSR count). The van der Waals surface area contributed by atoms with Crippen molar-refractivity contribution in [2.45, 2.75) is 109 Å². The minimum absolute atomic E-state index is 0.0133. The minimum Gasteiger partial charge on any atom is -0.471 e. The van der Waals surface area contributed by atoms with E-state index in [1.165, 1.54) is 23.8 Å². The fourth-order valence-corrected chi connectivity index (χ4v) is 6.96. The molecule has 0 aromatic heterocycles. The van der Waals surface area contributed by atoms with E-state index in [0.717, 1.165) is 6.42 Å². The van der Waals surface area contributed by atoms with Gasteiger partial charge in [-0.2, -0.15) is 0 Å². The van der Waals surface area contributed by atoms with Crippen molar-refractivity contribution in [3.8, 4) is 0 Å². The van der Waals surface area contributed by atoms with Crippen LogP contribution in [0.15, 0.2) is 103 Å². The first-order valence-corrected chi connectivity index (χ1v) is 20.8. The van der Waals surface area contributed by atoms with Gasteiger partial charge in [0.05, 0.1) is 24.8 Å². The number of carbonyl (C=O) groups excluding carboxylic acids is 6. The van der Waals surface area contributed by atoms with E-state index in [-0.39, 0.29) is 36.5 Å². The molecule has 0 radical (unpaired) electrons. The van der Waals surface area contributed by atoms with Crippen molar-refractivity contribution in [1.82, 2.24) is 16.0 Å². The maximum absolute atomic E-state index is 12.7. The first-order chi connectivity index (χ1) is 27.8. The Hall–Kier alpha value is -5.43. The molecule has 59 heavy (non-hydrogen) atoms. The molecule has 0 fully saturated rings. The zero-order valence-electron chi connectivity index (χ0n) is 35.8. The summed E-state index contributed by atoms with van der Waals surface area (Å²) >= 11 is 1.88. The van der Waals surface area contributed by atoms with Gasteiger partial charge in [-0.3, -0.25) is 28.8 Å². The van der Waals surface area contributed by atoms with E-state index in [1.807, 2.05) is 11.8 Å². The Labute approximate surface area is 353 Å². The minimum atomic E-state index is -1.01. The van der Waals surface area contributed by atoms with Crippen LogP contribution in [0, 0.1) is 0 Å². The summed E-state index contributed by atoms with van der Waals surface area (Å²) < 4.78 is 14.2. The van der Waals surface area contributed by atoms with E-state index in [9.17, 15) is 24.0 Å². The van der Waals surface area contributed by atoms with Crippen molar-refractivity contribution < 1.29 is 43.0 Å². The van der Waals surface area contributed by atoms with Gasteiger partial charge in [-0.1, -0.05) is 97.1 Å². The van der Waals surface area contributed by atoms with Crippen LogP contribution in [0.1, 0.15) is 97.3 Å². The second kappa shape index (κ2) is 24.5. The number of esters is 2. The van der Waals surface area contributed by atoms with E-state index >= 15 is 0 Å². The van der Waals surface area contributed by atoms with Crippen molar-refractivity contribution in [2.24, 2.45) is 0 Å². The molecule has 3 aromatic carbocycles. The summed E-state index contributed by atoms with van der Waals surface area (Å²) in [5.41, 5.74) is 3.25. The molecule has 3 aromatic rings. The SMILES string of the molecule is CC(CC(=O)OC(C)(C)C)NC(=O)CNC(=O)C(CCC(=O)OC(C)(C)C)NC(=O)C1=CCC1.COC=O.CSC(c1ccccc1)(c1ccccc1)c1ccccc1. The van der Waals surface area contributed by atoms with Crippen LogP contribution in [0.3, 0.4) is 0 Å². The van der Waals surface area contributed by atoms with E-state index in [1.54, 1.807) is 54.5 Å². The summed E-state index contributed by atoms with van der Waals surface area (Å²) in [6.07, 6.45) is 5.33. The number of ether oxygens (including phenoxy) is 3. The quantitative estimate of drug-likeness (QED) is 0.0605. The number of thioether (sulfide) groups is 1. The van der Waals surface area contributed by atoms with Crippen LogP contribution in [0.5, 0.6) is 0 Å². The first kappa shape index (κ1) is 49.7. The Morgan fingerprint density at radius 3 is 1.56 bits per heavy atom. The molecule has 2 unspecified atom stereocenters. The summed E-state index contributed by atoms with van der Waals surface area (Å²) in [5, 5.41) is 7.73. The molecular formula is C46H61N3O9S. The predicted molar refractivity (Wildman–Crippen MR) is 231 cm³/mol. The topological polar surface area (TPSA) is 166 Å². The van der Waals surface area contributed by atoms with Gasteiger partial charge in [0.15, 0.2) is 0 Å². The number of methoxy groups -OCH3 is 1. The fraction of sp³-hybridized carbons (Fsp3) is 0.435. The van der Waals surface area contributed by atoms with Gasteiger partial charge in [-0.15, -0.1) is 11.8 Å². The van der Waals surface area contributed by atoms with E-state index in [2.05, 4.69) is 118 Å². The highest BCUT2D eigenvalue weighted by molar-refractivity contribution is 8.00. The van der Waals surface area contributed by atoms with Gasteiger partial charge in [0.2, 0.25) is 17.7 Å². The Morgan fingerprint density at radius 2 is 1.19 bits per heavy atom. The Morgan fingerprint density at radius 1 is 0.746 bits per heavy atom. The standard InChI is InChI=1S/C24H39N3O7.C20H18S.C2H4O2/c1-15(13-20(30)34-24(5,6)7)26-18(28)14-25-22(32)17(27-21(31)16-9-8-10-16)11-12-19(29)33-23(2,3)4;1-21-20(17-11-5-2-6-12-17,18-13-7-3-8-14-18)19-15-9-4-10-16-19;1-4-2-3/h9,15,17H,8,10-14H2,1-7H3,(H,25,32)(H,26,28)(H,27,31);2-16H,1H3;2H,1H3. The van der Waals surface area contributed by atoms with Crippen molar-refractivity contribution >= 4 is 47.9 Å². The van der Waals surface area contributed by atoms with Crippen LogP contribution in [-0.2, 0) is 47.7 Å².